The number of aliphatic hydroxyl groups is 2. The molecule has 1 amide bonds. The second kappa shape index (κ2) is 11.2. The van der Waals surface area contributed by atoms with E-state index in [0.29, 0.717) is 11.1 Å². The van der Waals surface area contributed by atoms with Crippen LogP contribution in [0.1, 0.15) is 36.7 Å². The van der Waals surface area contributed by atoms with Gasteiger partial charge in [0.2, 0.25) is 10.0 Å². The average molecular weight is 501 g/mol. The van der Waals surface area contributed by atoms with Crippen LogP contribution in [-0.4, -0.2) is 78.7 Å². The van der Waals surface area contributed by atoms with Crippen molar-refractivity contribution in [3.05, 3.63) is 59.7 Å². The Hall–Kier alpha value is -2.90. The minimum Gasteiger partial charge on any atom is -0.487 e. The topological polar surface area (TPSA) is 107 Å². The van der Waals surface area contributed by atoms with Crippen molar-refractivity contribution in [1.29, 1.82) is 0 Å². The summed E-state index contributed by atoms with van der Waals surface area (Å²) in [6.07, 6.45) is -1.37. The molecule has 1 aliphatic heterocycles. The Balaban J connectivity index is 2.02. The average Bonchev–Trinajstić information content (AvgIpc) is 2.84. The fraction of sp³-hybridized carbons (Fsp3) is 0.423. The molecule has 188 valence electrons. The van der Waals surface area contributed by atoms with Crippen LogP contribution < -0.4 is 4.74 Å². The Kier molecular flexibility index (Phi) is 8.56. The number of benzene rings is 2. The predicted octanol–water partition coefficient (Wildman–Crippen LogP) is 1.96. The lowest BCUT2D eigenvalue weighted by Crippen LogP contribution is -2.50. The van der Waals surface area contributed by atoms with Gasteiger partial charge in [0, 0.05) is 36.7 Å². The molecule has 0 aromatic heterocycles. The second-order valence-electron chi connectivity index (χ2n) is 8.90. The highest BCUT2D eigenvalue weighted by Gasteiger charge is 2.38. The van der Waals surface area contributed by atoms with Crippen molar-refractivity contribution in [3.63, 3.8) is 0 Å². The molecule has 8 nitrogen and oxygen atoms in total. The van der Waals surface area contributed by atoms with Crippen molar-refractivity contribution >= 4 is 15.9 Å². The Labute approximate surface area is 207 Å². The first-order chi connectivity index (χ1) is 16.5. The lowest BCUT2D eigenvalue weighted by atomic mass is 10.0. The van der Waals surface area contributed by atoms with Crippen LogP contribution >= 0.6 is 0 Å². The van der Waals surface area contributed by atoms with E-state index in [1.54, 1.807) is 49.2 Å². The van der Waals surface area contributed by atoms with Crippen LogP contribution in [0.4, 0.5) is 0 Å². The Morgan fingerprint density at radius 3 is 2.54 bits per heavy atom. The monoisotopic (exact) mass is 500 g/mol. The molecular weight excluding hydrogens is 468 g/mol. The van der Waals surface area contributed by atoms with E-state index in [0.717, 1.165) is 0 Å². The molecule has 0 spiro atoms. The largest absolute Gasteiger partial charge is 0.487 e. The molecule has 0 unspecified atom stereocenters. The number of rotatable bonds is 5. The first-order valence-corrected chi connectivity index (χ1v) is 12.9. The van der Waals surface area contributed by atoms with Gasteiger partial charge in [-0.1, -0.05) is 37.0 Å². The van der Waals surface area contributed by atoms with E-state index in [2.05, 4.69) is 11.8 Å². The van der Waals surface area contributed by atoms with Gasteiger partial charge in [0.1, 0.15) is 22.9 Å². The number of hydrogen-bond donors (Lipinski definition) is 2. The molecule has 2 aromatic carbocycles. The molecule has 2 N–H and O–H groups in total. The number of ether oxygens (including phenoxy) is 1. The van der Waals surface area contributed by atoms with Crippen LogP contribution in [0.2, 0.25) is 0 Å². The normalized spacial score (nSPS) is 21.2. The molecular formula is C26H32N2O6S. The maximum atomic E-state index is 13.5. The van der Waals surface area contributed by atoms with Crippen molar-refractivity contribution in [2.45, 2.75) is 43.9 Å². The molecule has 3 rings (SSSR count). The van der Waals surface area contributed by atoms with Gasteiger partial charge < -0.3 is 19.8 Å². The van der Waals surface area contributed by atoms with Gasteiger partial charge >= 0.3 is 0 Å². The zero-order chi connectivity index (χ0) is 25.8. The molecule has 35 heavy (non-hydrogen) atoms. The molecule has 1 heterocycles. The van der Waals surface area contributed by atoms with E-state index in [-0.39, 0.29) is 42.2 Å². The smallest absolute Gasteiger partial charge is 0.253 e. The summed E-state index contributed by atoms with van der Waals surface area (Å²) in [5.41, 5.74) is 1.03. The standard InChI is InChI=1S/C26H32N2O6S/c1-18-15-28(19(2)17-29)35(32,33)25-13-12-21(11-10-20(3)30)14-23(25)34-24(18)16-27(4)26(31)22-8-6-5-7-9-22/h5-9,12-14,18-20,24,29-30H,15-17H2,1-4H3/t18-,19+,20+,24+/m0/s1. The van der Waals surface area contributed by atoms with E-state index in [1.807, 2.05) is 13.0 Å². The molecule has 0 radical (unpaired) electrons. The minimum atomic E-state index is -3.98. The highest BCUT2D eigenvalue weighted by Crippen LogP contribution is 2.34. The molecule has 4 atom stereocenters. The van der Waals surface area contributed by atoms with Crippen LogP contribution in [0.3, 0.4) is 0 Å². The number of carbonyl (C=O) groups is 1. The Morgan fingerprint density at radius 1 is 1.23 bits per heavy atom. The molecule has 9 heteroatoms. The summed E-state index contributed by atoms with van der Waals surface area (Å²) in [5, 5.41) is 19.3. The van der Waals surface area contributed by atoms with Crippen LogP contribution in [0.5, 0.6) is 5.75 Å². The summed E-state index contributed by atoms with van der Waals surface area (Å²) < 4.78 is 34.6. The Morgan fingerprint density at radius 2 is 1.91 bits per heavy atom. The predicted molar refractivity (Wildman–Crippen MR) is 132 cm³/mol. The highest BCUT2D eigenvalue weighted by molar-refractivity contribution is 7.89. The van der Waals surface area contributed by atoms with Crippen LogP contribution in [0.15, 0.2) is 53.4 Å². The summed E-state index contributed by atoms with van der Waals surface area (Å²) in [6.45, 7) is 5.05. The second-order valence-corrected chi connectivity index (χ2v) is 10.8. The van der Waals surface area contributed by atoms with Gasteiger partial charge in [-0.3, -0.25) is 4.79 Å². The number of sulfonamides is 1. The molecule has 0 saturated heterocycles. The maximum absolute atomic E-state index is 13.5. The van der Waals surface area contributed by atoms with Crippen molar-refractivity contribution in [3.8, 4) is 17.6 Å². The van der Waals surface area contributed by atoms with Crippen molar-refractivity contribution in [2.24, 2.45) is 5.92 Å². The highest BCUT2D eigenvalue weighted by atomic mass is 32.2. The van der Waals surface area contributed by atoms with Gasteiger partial charge in [0.25, 0.3) is 5.91 Å². The van der Waals surface area contributed by atoms with Gasteiger partial charge in [-0.25, -0.2) is 8.42 Å². The summed E-state index contributed by atoms with van der Waals surface area (Å²) in [7, 11) is -2.29. The van der Waals surface area contributed by atoms with E-state index in [1.165, 1.54) is 23.4 Å². The first kappa shape index (κ1) is 26.7. The molecule has 0 saturated carbocycles. The lowest BCUT2D eigenvalue weighted by Gasteiger charge is -2.37. The van der Waals surface area contributed by atoms with Gasteiger partial charge in [-0.2, -0.15) is 4.31 Å². The zero-order valence-corrected chi connectivity index (χ0v) is 21.2. The number of carbonyl (C=O) groups excluding carboxylic acids is 1. The van der Waals surface area contributed by atoms with Gasteiger partial charge in [0.05, 0.1) is 13.2 Å². The molecule has 0 bridgehead atoms. The number of aliphatic hydroxyl groups excluding tert-OH is 2. The first-order valence-electron chi connectivity index (χ1n) is 11.5. The summed E-state index contributed by atoms with van der Waals surface area (Å²) in [6, 6.07) is 12.8. The number of likely N-dealkylation sites (N-methyl/N-ethyl adjacent to an activating group) is 1. The quantitative estimate of drug-likeness (QED) is 0.608. The van der Waals surface area contributed by atoms with E-state index in [9.17, 15) is 23.4 Å². The molecule has 0 aliphatic carbocycles. The zero-order valence-electron chi connectivity index (χ0n) is 20.4. The van der Waals surface area contributed by atoms with E-state index >= 15 is 0 Å². The number of hydrogen-bond acceptors (Lipinski definition) is 6. The summed E-state index contributed by atoms with van der Waals surface area (Å²) in [4.78, 5) is 14.5. The third kappa shape index (κ3) is 6.21. The van der Waals surface area contributed by atoms with Crippen molar-refractivity contribution < 1.29 is 28.2 Å². The van der Waals surface area contributed by atoms with Crippen LogP contribution in [0, 0.1) is 17.8 Å². The third-order valence-corrected chi connectivity index (χ3v) is 7.93. The Bertz CT molecular complexity index is 1200. The van der Waals surface area contributed by atoms with Crippen LogP contribution in [0.25, 0.3) is 0 Å². The molecule has 1 aliphatic rings. The number of nitrogens with zero attached hydrogens (tertiary/aromatic N) is 2. The SMILES string of the molecule is C[C@H](CO)N1C[C@H](C)[C@@H](CN(C)C(=O)c2ccccc2)Oc2cc(C#C[C@@H](C)O)ccc2S1(=O)=O. The maximum Gasteiger partial charge on any atom is 0.253 e. The number of amides is 1. The lowest BCUT2D eigenvalue weighted by molar-refractivity contribution is 0.0563. The minimum absolute atomic E-state index is 0.0330. The van der Waals surface area contributed by atoms with Crippen molar-refractivity contribution in [1.82, 2.24) is 9.21 Å². The van der Waals surface area contributed by atoms with E-state index in [4.69, 9.17) is 4.74 Å². The van der Waals surface area contributed by atoms with Gasteiger partial charge in [-0.15, -0.1) is 0 Å². The summed E-state index contributed by atoms with van der Waals surface area (Å²) >= 11 is 0. The fourth-order valence-corrected chi connectivity index (χ4v) is 5.69. The molecule has 2 aromatic rings. The van der Waals surface area contributed by atoms with Crippen LogP contribution in [-0.2, 0) is 10.0 Å². The number of fused-ring (bicyclic) bond motifs is 1. The van der Waals surface area contributed by atoms with Crippen molar-refractivity contribution in [2.75, 3.05) is 26.7 Å². The van der Waals surface area contributed by atoms with Gasteiger partial charge in [0.15, 0.2) is 0 Å². The van der Waals surface area contributed by atoms with Gasteiger partial charge in [-0.05, 0) is 44.2 Å². The fourth-order valence-electron chi connectivity index (χ4n) is 3.86. The molecule has 0 fully saturated rings. The summed E-state index contributed by atoms with van der Waals surface area (Å²) in [5.74, 6) is 5.11. The van der Waals surface area contributed by atoms with E-state index < -0.39 is 28.3 Å². The third-order valence-electron chi connectivity index (χ3n) is 5.91.